The van der Waals surface area contributed by atoms with Gasteiger partial charge in [0, 0.05) is 16.3 Å². The van der Waals surface area contributed by atoms with Gasteiger partial charge in [-0.05, 0) is 6.08 Å². The Hall–Kier alpha value is -1.62. The Morgan fingerprint density at radius 3 is 2.14 bits per heavy atom. The quantitative estimate of drug-likeness (QED) is 0.301. The summed E-state index contributed by atoms with van der Waals surface area (Å²) in [6.45, 7) is -2.38. The molecule has 0 aromatic rings. The maximum Gasteiger partial charge on any atom is 0.259 e. The summed E-state index contributed by atoms with van der Waals surface area (Å²) in [6, 6.07) is 0. The summed E-state index contributed by atoms with van der Waals surface area (Å²) in [4.78, 5) is 23.2. The van der Waals surface area contributed by atoms with Gasteiger partial charge in [-0.3, -0.25) is 25.1 Å². The van der Waals surface area contributed by atoms with Crippen LogP contribution in [0.25, 0.3) is 0 Å². The van der Waals surface area contributed by atoms with E-state index in [1.54, 1.807) is 0 Å². The van der Waals surface area contributed by atoms with Crippen LogP contribution < -0.4 is 0 Å². The van der Waals surface area contributed by atoms with Crippen molar-refractivity contribution < 1.29 is 25.2 Å². The van der Waals surface area contributed by atoms with E-state index >= 15 is 0 Å². The number of likely N-dealkylation sites (tertiary alicyclic amines) is 1. The molecule has 0 amide bonds. The molecule has 1 saturated heterocycles. The Kier molecular flexibility index (Phi) is 4.22. The first-order valence-corrected chi connectivity index (χ1v) is 6.84. The molecule has 1 heterocycles. The molecule has 0 saturated carbocycles. The lowest BCUT2D eigenvalue weighted by Gasteiger charge is -2.50. The maximum atomic E-state index is 11.5. The first-order chi connectivity index (χ1) is 10.3. The monoisotopic (exact) mass is 317 g/mol. The molecule has 2 rings (SSSR count). The SMILES string of the molecule is O=[N+]([O-])[C@]12C=CC[C@]([N+](=O)[O-])(CN(C(CO)(CO)CO)C1)C2. The van der Waals surface area contributed by atoms with Gasteiger partial charge in [-0.25, -0.2) is 0 Å². The Labute approximate surface area is 126 Å². The average Bonchev–Trinajstić information content (AvgIpc) is 2.49. The van der Waals surface area contributed by atoms with Crippen LogP contribution in [0.1, 0.15) is 12.8 Å². The van der Waals surface area contributed by atoms with Gasteiger partial charge in [-0.15, -0.1) is 0 Å². The first kappa shape index (κ1) is 16.7. The van der Waals surface area contributed by atoms with Gasteiger partial charge in [0.05, 0.1) is 44.9 Å². The predicted molar refractivity (Wildman–Crippen MR) is 73.4 cm³/mol. The van der Waals surface area contributed by atoms with E-state index in [1.807, 2.05) is 0 Å². The number of aliphatic hydroxyl groups excluding tert-OH is 3. The first-order valence-electron chi connectivity index (χ1n) is 6.84. The van der Waals surface area contributed by atoms with Crippen LogP contribution in [-0.4, -0.2) is 79.6 Å². The van der Waals surface area contributed by atoms with Gasteiger partial charge in [0.2, 0.25) is 5.54 Å². The van der Waals surface area contributed by atoms with Crippen molar-refractivity contribution in [3.05, 3.63) is 32.4 Å². The third-order valence-electron chi connectivity index (χ3n) is 4.82. The molecule has 0 aromatic carbocycles. The number of piperidine rings is 1. The van der Waals surface area contributed by atoms with E-state index < -0.39 is 46.3 Å². The van der Waals surface area contributed by atoms with E-state index in [-0.39, 0.29) is 25.9 Å². The molecule has 1 aliphatic heterocycles. The molecule has 2 bridgehead atoms. The van der Waals surface area contributed by atoms with Gasteiger partial charge >= 0.3 is 0 Å². The smallest absolute Gasteiger partial charge is 0.259 e. The minimum absolute atomic E-state index is 0.0322. The topological polar surface area (TPSA) is 150 Å². The van der Waals surface area contributed by atoms with Crippen molar-refractivity contribution in [2.75, 3.05) is 32.9 Å². The standard InChI is InChI=1S/C12H19N3O7/c16-7-12(8-17,9-18)13-5-10(14(19)20)2-1-3-11(4-10,6-13)15(21)22/h1-2,16-18H,3-9H2/t10-,11+/m0/s1. The van der Waals surface area contributed by atoms with E-state index in [1.165, 1.54) is 17.1 Å². The second-order valence-corrected chi connectivity index (χ2v) is 6.18. The fraction of sp³-hybridized carbons (Fsp3) is 0.833. The third-order valence-corrected chi connectivity index (χ3v) is 4.82. The second kappa shape index (κ2) is 5.54. The number of nitrogens with zero attached hydrogens (tertiary/aromatic N) is 3. The Bertz CT molecular complexity index is 499. The van der Waals surface area contributed by atoms with Gasteiger partial charge < -0.3 is 15.3 Å². The van der Waals surface area contributed by atoms with E-state index in [4.69, 9.17) is 0 Å². The van der Waals surface area contributed by atoms with Crippen molar-refractivity contribution in [2.45, 2.75) is 29.5 Å². The fourth-order valence-corrected chi connectivity index (χ4v) is 3.33. The maximum absolute atomic E-state index is 11.5. The number of hydrogen-bond acceptors (Lipinski definition) is 8. The number of nitro groups is 2. The van der Waals surface area contributed by atoms with E-state index in [0.717, 1.165) is 0 Å². The lowest BCUT2D eigenvalue weighted by atomic mass is 9.71. The lowest BCUT2D eigenvalue weighted by Crippen LogP contribution is -2.72. The molecule has 0 unspecified atom stereocenters. The third kappa shape index (κ3) is 2.28. The number of fused-ring (bicyclic) bond motifs is 2. The average molecular weight is 317 g/mol. The van der Waals surface area contributed by atoms with Crippen molar-refractivity contribution in [1.29, 1.82) is 0 Å². The van der Waals surface area contributed by atoms with Crippen LogP contribution in [0.15, 0.2) is 12.2 Å². The van der Waals surface area contributed by atoms with Crippen molar-refractivity contribution in [3.8, 4) is 0 Å². The zero-order valence-electron chi connectivity index (χ0n) is 11.9. The molecule has 22 heavy (non-hydrogen) atoms. The van der Waals surface area contributed by atoms with Crippen molar-refractivity contribution in [2.24, 2.45) is 0 Å². The van der Waals surface area contributed by atoms with Crippen LogP contribution in [-0.2, 0) is 0 Å². The molecule has 2 atom stereocenters. The second-order valence-electron chi connectivity index (χ2n) is 6.18. The highest BCUT2D eigenvalue weighted by atomic mass is 16.6. The van der Waals surface area contributed by atoms with Gasteiger partial charge in [0.25, 0.3) is 5.54 Å². The summed E-state index contributed by atoms with van der Waals surface area (Å²) in [5, 5.41) is 51.6. The molecule has 0 aromatic heterocycles. The highest BCUT2D eigenvalue weighted by Gasteiger charge is 2.64. The summed E-state index contributed by atoms with van der Waals surface area (Å²) < 4.78 is 0. The van der Waals surface area contributed by atoms with Gasteiger partial charge in [-0.2, -0.15) is 0 Å². The number of aliphatic hydroxyl groups is 3. The predicted octanol–water partition coefficient (Wildman–Crippen LogP) is -1.60. The molecule has 1 fully saturated rings. The van der Waals surface area contributed by atoms with Crippen molar-refractivity contribution in [3.63, 3.8) is 0 Å². The van der Waals surface area contributed by atoms with Crippen LogP contribution >= 0.6 is 0 Å². The molecule has 1 aliphatic carbocycles. The summed E-state index contributed by atoms with van der Waals surface area (Å²) in [7, 11) is 0. The Morgan fingerprint density at radius 1 is 1.09 bits per heavy atom. The van der Waals surface area contributed by atoms with Crippen molar-refractivity contribution >= 4 is 0 Å². The van der Waals surface area contributed by atoms with E-state index in [2.05, 4.69) is 0 Å². The summed E-state index contributed by atoms with van der Waals surface area (Å²) in [6.07, 6.45) is 2.58. The molecule has 10 heteroatoms. The minimum Gasteiger partial charge on any atom is -0.394 e. The highest BCUT2D eigenvalue weighted by Crippen LogP contribution is 2.42. The molecule has 0 spiro atoms. The molecule has 2 aliphatic rings. The molecule has 0 radical (unpaired) electrons. The van der Waals surface area contributed by atoms with Crippen LogP contribution in [0.4, 0.5) is 0 Å². The lowest BCUT2D eigenvalue weighted by molar-refractivity contribution is -0.621. The summed E-state index contributed by atoms with van der Waals surface area (Å²) in [5.41, 5.74) is -4.76. The molecular formula is C12H19N3O7. The zero-order valence-corrected chi connectivity index (χ0v) is 11.9. The van der Waals surface area contributed by atoms with Gasteiger partial charge in [-0.1, -0.05) is 6.08 Å². The summed E-state index contributed by atoms with van der Waals surface area (Å²) in [5.74, 6) is 0. The van der Waals surface area contributed by atoms with Crippen LogP contribution in [0.2, 0.25) is 0 Å². The molecule has 3 N–H and O–H groups in total. The normalized spacial score (nSPS) is 32.0. The molecular weight excluding hydrogens is 298 g/mol. The summed E-state index contributed by atoms with van der Waals surface area (Å²) >= 11 is 0. The Morgan fingerprint density at radius 2 is 1.68 bits per heavy atom. The minimum atomic E-state index is -1.66. The zero-order chi connectivity index (χ0) is 16.6. The van der Waals surface area contributed by atoms with Crippen molar-refractivity contribution in [1.82, 2.24) is 4.90 Å². The van der Waals surface area contributed by atoms with Gasteiger partial charge in [0.15, 0.2) is 0 Å². The number of hydrogen-bond donors (Lipinski definition) is 3. The fourth-order valence-electron chi connectivity index (χ4n) is 3.33. The largest absolute Gasteiger partial charge is 0.394 e. The molecule has 124 valence electrons. The van der Waals surface area contributed by atoms with Gasteiger partial charge in [0.1, 0.15) is 0 Å². The van der Waals surface area contributed by atoms with E-state index in [0.29, 0.717) is 0 Å². The Balaban J connectivity index is 2.50. The van der Waals surface area contributed by atoms with Crippen LogP contribution in [0.3, 0.4) is 0 Å². The molecule has 10 nitrogen and oxygen atoms in total. The van der Waals surface area contributed by atoms with E-state index in [9.17, 15) is 35.5 Å². The highest BCUT2D eigenvalue weighted by molar-refractivity contribution is 5.19. The van der Waals surface area contributed by atoms with Crippen LogP contribution in [0.5, 0.6) is 0 Å². The number of rotatable bonds is 6. The van der Waals surface area contributed by atoms with Crippen LogP contribution in [0, 0.1) is 20.2 Å².